The van der Waals surface area contributed by atoms with Gasteiger partial charge in [0.1, 0.15) is 0 Å². The molecule has 1 aliphatic carbocycles. The number of hydrogen-bond donors (Lipinski definition) is 0. The third kappa shape index (κ3) is 4.22. The summed E-state index contributed by atoms with van der Waals surface area (Å²) in [6.45, 7) is 2.82. The highest BCUT2D eigenvalue weighted by Crippen LogP contribution is 2.44. The zero-order valence-electron chi connectivity index (χ0n) is 17.3. The topological polar surface area (TPSA) is 66.4 Å². The maximum atomic E-state index is 12.0. The van der Waals surface area contributed by atoms with Crippen LogP contribution in [0, 0.1) is 0 Å². The van der Waals surface area contributed by atoms with Gasteiger partial charge in [0.25, 0.3) is 0 Å². The van der Waals surface area contributed by atoms with Crippen molar-refractivity contribution in [2.75, 3.05) is 39.5 Å². The molecule has 2 aliphatic rings. The molecule has 0 N–H and O–H groups in total. The maximum absolute atomic E-state index is 12.0. The number of sulfonamides is 1. The Labute approximate surface area is 174 Å². The summed E-state index contributed by atoms with van der Waals surface area (Å²) in [4.78, 5) is 12.1. The molecular formula is C22H30N4O2S. The number of piperidine rings is 1. The summed E-state index contributed by atoms with van der Waals surface area (Å²) in [7, 11) is 0.0784. The molecule has 1 saturated heterocycles. The molecule has 4 rings (SSSR count). The number of aryl methyl sites for hydroxylation is 1. The fourth-order valence-electron chi connectivity index (χ4n) is 4.74. The Hall–Kier alpha value is -1.83. The van der Waals surface area contributed by atoms with Crippen LogP contribution in [0.15, 0.2) is 36.5 Å². The van der Waals surface area contributed by atoms with Crippen molar-refractivity contribution in [3.05, 3.63) is 47.8 Å². The van der Waals surface area contributed by atoms with Crippen molar-refractivity contribution in [1.29, 1.82) is 0 Å². The molecule has 0 saturated carbocycles. The zero-order chi connectivity index (χ0) is 20.5. The standard InChI is InChI=1S/C22H30N4O2S/c1-25(2)29(27,28)15-7-14-26-13-6-11-22(17-26)12-10-19-16-23-21(24-20(19)22)18-8-4-3-5-9-18/h3-5,8-9,16H,6-7,10-15,17H2,1-2H3. The summed E-state index contributed by atoms with van der Waals surface area (Å²) in [5, 5.41) is 0. The number of aromatic nitrogens is 2. The van der Waals surface area contributed by atoms with Crippen LogP contribution in [-0.2, 0) is 21.9 Å². The first-order valence-corrected chi connectivity index (χ1v) is 12.0. The predicted molar refractivity (Wildman–Crippen MR) is 115 cm³/mol. The lowest BCUT2D eigenvalue weighted by atomic mass is 9.77. The summed E-state index contributed by atoms with van der Waals surface area (Å²) in [6.07, 6.45) is 7.11. The van der Waals surface area contributed by atoms with Crippen LogP contribution in [0.2, 0.25) is 0 Å². The molecule has 2 aromatic rings. The number of likely N-dealkylation sites (tertiary alicyclic amines) is 1. The fraction of sp³-hybridized carbons (Fsp3) is 0.545. The van der Waals surface area contributed by atoms with Gasteiger partial charge in [0, 0.05) is 37.8 Å². The predicted octanol–water partition coefficient (Wildman–Crippen LogP) is 2.70. The van der Waals surface area contributed by atoms with Crippen LogP contribution in [0.1, 0.15) is 36.9 Å². The van der Waals surface area contributed by atoms with Gasteiger partial charge in [-0.1, -0.05) is 30.3 Å². The van der Waals surface area contributed by atoms with Gasteiger partial charge in [-0.3, -0.25) is 0 Å². The lowest BCUT2D eigenvalue weighted by Gasteiger charge is -2.40. The summed E-state index contributed by atoms with van der Waals surface area (Å²) >= 11 is 0. The average molecular weight is 415 g/mol. The van der Waals surface area contributed by atoms with E-state index in [0.29, 0.717) is 6.42 Å². The van der Waals surface area contributed by atoms with Crippen LogP contribution in [0.3, 0.4) is 0 Å². The van der Waals surface area contributed by atoms with Crippen LogP contribution >= 0.6 is 0 Å². The van der Waals surface area contributed by atoms with Gasteiger partial charge in [-0.15, -0.1) is 0 Å². The van der Waals surface area contributed by atoms with E-state index in [-0.39, 0.29) is 11.2 Å². The Bertz CT molecular complexity index is 958. The number of fused-ring (bicyclic) bond motifs is 2. The van der Waals surface area contributed by atoms with E-state index in [9.17, 15) is 8.42 Å². The summed E-state index contributed by atoms with van der Waals surface area (Å²) in [5.74, 6) is 1.01. The molecule has 1 aromatic carbocycles. The molecule has 1 unspecified atom stereocenters. The second-order valence-corrected chi connectivity index (χ2v) is 10.8. The Kier molecular flexibility index (Phi) is 5.73. The molecule has 7 heteroatoms. The van der Waals surface area contributed by atoms with Gasteiger partial charge < -0.3 is 4.90 Å². The summed E-state index contributed by atoms with van der Waals surface area (Å²) in [5.41, 5.74) is 3.64. The van der Waals surface area contributed by atoms with E-state index >= 15 is 0 Å². The lowest BCUT2D eigenvalue weighted by Crippen LogP contribution is -2.46. The highest BCUT2D eigenvalue weighted by Gasteiger charge is 2.43. The van der Waals surface area contributed by atoms with E-state index in [1.807, 2.05) is 24.4 Å². The Morgan fingerprint density at radius 2 is 1.97 bits per heavy atom. The van der Waals surface area contributed by atoms with Crippen LogP contribution in [-0.4, -0.2) is 67.1 Å². The molecule has 6 nitrogen and oxygen atoms in total. The minimum atomic E-state index is -3.13. The maximum Gasteiger partial charge on any atom is 0.213 e. The number of hydrogen-bond acceptors (Lipinski definition) is 5. The van der Waals surface area contributed by atoms with Crippen LogP contribution in [0.25, 0.3) is 11.4 Å². The molecule has 29 heavy (non-hydrogen) atoms. The molecule has 156 valence electrons. The van der Waals surface area contributed by atoms with Crippen molar-refractivity contribution < 1.29 is 8.42 Å². The van der Waals surface area contributed by atoms with E-state index in [1.165, 1.54) is 15.6 Å². The molecule has 1 aliphatic heterocycles. The molecular weight excluding hydrogens is 384 g/mol. The first-order chi connectivity index (χ1) is 13.9. The van der Waals surface area contributed by atoms with Crippen LogP contribution < -0.4 is 0 Å². The van der Waals surface area contributed by atoms with Crippen molar-refractivity contribution in [3.63, 3.8) is 0 Å². The van der Waals surface area contributed by atoms with E-state index in [1.54, 1.807) is 14.1 Å². The first kappa shape index (κ1) is 20.4. The minimum absolute atomic E-state index is 0.0838. The molecule has 0 bridgehead atoms. The fourth-order valence-corrected chi connectivity index (χ4v) is 5.60. The molecule has 1 fully saturated rings. The van der Waals surface area contributed by atoms with E-state index in [4.69, 9.17) is 4.98 Å². The van der Waals surface area contributed by atoms with Crippen molar-refractivity contribution in [1.82, 2.24) is 19.2 Å². The van der Waals surface area contributed by atoms with Crippen LogP contribution in [0.5, 0.6) is 0 Å². The van der Waals surface area contributed by atoms with Crippen molar-refractivity contribution in [2.45, 2.75) is 37.5 Å². The van der Waals surface area contributed by atoms with Crippen molar-refractivity contribution >= 4 is 10.0 Å². The molecule has 1 spiro atoms. The average Bonchev–Trinajstić information content (AvgIpc) is 3.06. The van der Waals surface area contributed by atoms with Gasteiger partial charge in [-0.05, 0) is 50.8 Å². The van der Waals surface area contributed by atoms with Gasteiger partial charge in [0.2, 0.25) is 10.0 Å². The zero-order valence-corrected chi connectivity index (χ0v) is 18.2. The van der Waals surface area contributed by atoms with Gasteiger partial charge in [-0.25, -0.2) is 22.7 Å². The molecule has 0 radical (unpaired) electrons. The van der Waals surface area contributed by atoms with Crippen molar-refractivity contribution in [2.24, 2.45) is 0 Å². The minimum Gasteiger partial charge on any atom is -0.302 e. The number of benzene rings is 1. The second kappa shape index (κ2) is 8.13. The first-order valence-electron chi connectivity index (χ1n) is 10.4. The second-order valence-electron chi connectivity index (χ2n) is 8.55. The third-order valence-electron chi connectivity index (χ3n) is 6.36. The normalized spacial score (nSPS) is 22.3. The lowest BCUT2D eigenvalue weighted by molar-refractivity contribution is 0.143. The van der Waals surface area contributed by atoms with Gasteiger partial charge in [0.15, 0.2) is 5.82 Å². The van der Waals surface area contributed by atoms with Gasteiger partial charge in [-0.2, -0.15) is 0 Å². The highest BCUT2D eigenvalue weighted by atomic mass is 32.2. The van der Waals surface area contributed by atoms with Crippen LogP contribution in [0.4, 0.5) is 0 Å². The molecule has 2 heterocycles. The Morgan fingerprint density at radius 1 is 1.17 bits per heavy atom. The smallest absolute Gasteiger partial charge is 0.213 e. The Balaban J connectivity index is 1.50. The van der Waals surface area contributed by atoms with Gasteiger partial charge in [0.05, 0.1) is 11.4 Å². The Morgan fingerprint density at radius 3 is 2.72 bits per heavy atom. The monoisotopic (exact) mass is 414 g/mol. The van der Waals surface area contributed by atoms with E-state index in [2.05, 4.69) is 22.0 Å². The number of nitrogens with zero attached hydrogens (tertiary/aromatic N) is 4. The molecule has 1 aromatic heterocycles. The van der Waals surface area contributed by atoms with Crippen molar-refractivity contribution in [3.8, 4) is 11.4 Å². The highest BCUT2D eigenvalue weighted by molar-refractivity contribution is 7.89. The molecule has 1 atom stereocenters. The summed E-state index contributed by atoms with van der Waals surface area (Å²) in [6, 6.07) is 10.2. The van der Waals surface area contributed by atoms with E-state index in [0.717, 1.165) is 56.7 Å². The van der Waals surface area contributed by atoms with Gasteiger partial charge >= 0.3 is 0 Å². The quantitative estimate of drug-likeness (QED) is 0.727. The largest absolute Gasteiger partial charge is 0.302 e. The SMILES string of the molecule is CN(C)S(=O)(=O)CCCN1CCCC2(CCc3cnc(-c4ccccc4)nc32)C1. The summed E-state index contributed by atoms with van der Waals surface area (Å²) < 4.78 is 25.4. The molecule has 0 amide bonds. The number of rotatable bonds is 6. The van der Waals surface area contributed by atoms with E-state index < -0.39 is 10.0 Å². The third-order valence-corrected chi connectivity index (χ3v) is 8.28.